The molecule has 3 aromatic carbocycles. The Morgan fingerprint density at radius 3 is 2.31 bits per heavy atom. The first-order chi connectivity index (χ1) is 14.1. The summed E-state index contributed by atoms with van der Waals surface area (Å²) in [6.07, 6.45) is 0. The van der Waals surface area contributed by atoms with Crippen LogP contribution >= 0.6 is 0 Å². The van der Waals surface area contributed by atoms with E-state index in [0.29, 0.717) is 11.3 Å². The number of aliphatic hydroxyl groups excluding tert-OH is 1. The second kappa shape index (κ2) is 7.80. The van der Waals surface area contributed by atoms with Crippen molar-refractivity contribution in [1.82, 2.24) is 4.90 Å². The topological polar surface area (TPSA) is 49.8 Å². The normalized spacial score (nSPS) is 16.4. The molecule has 0 aromatic heterocycles. The maximum atomic E-state index is 13.3. The molecule has 4 rings (SSSR count). The number of carbonyl (C=O) groups is 1. The van der Waals surface area contributed by atoms with Gasteiger partial charge in [-0.3, -0.25) is 4.79 Å². The first-order valence-electron chi connectivity index (χ1n) is 9.27. The van der Waals surface area contributed by atoms with Crippen molar-refractivity contribution in [2.45, 2.75) is 12.6 Å². The third-order valence-corrected chi connectivity index (χ3v) is 5.09. The number of benzene rings is 3. The zero-order valence-corrected chi connectivity index (χ0v) is 15.9. The molecule has 1 heterocycles. The highest BCUT2D eigenvalue weighted by Crippen LogP contribution is 2.46. The second-order valence-corrected chi connectivity index (χ2v) is 6.83. The SMILES string of the molecule is COc1ccccc1[C@@H]1C(c2ccccc2)=C(O)C(=O)N1Cc1ccc(F)cc1. The fraction of sp³-hybridized carbons (Fsp3) is 0.125. The summed E-state index contributed by atoms with van der Waals surface area (Å²) < 4.78 is 18.9. The predicted octanol–water partition coefficient (Wildman–Crippen LogP) is 4.89. The van der Waals surface area contributed by atoms with Crippen molar-refractivity contribution in [2.75, 3.05) is 7.11 Å². The predicted molar refractivity (Wildman–Crippen MR) is 109 cm³/mol. The van der Waals surface area contributed by atoms with Crippen LogP contribution in [0.15, 0.2) is 84.6 Å². The summed E-state index contributed by atoms with van der Waals surface area (Å²) in [5.74, 6) is -0.468. The lowest BCUT2D eigenvalue weighted by Gasteiger charge is -2.28. The lowest BCUT2D eigenvalue weighted by molar-refractivity contribution is -0.130. The molecule has 0 saturated carbocycles. The summed E-state index contributed by atoms with van der Waals surface area (Å²) in [6.45, 7) is 0.224. The minimum Gasteiger partial charge on any atom is -0.503 e. The van der Waals surface area contributed by atoms with Gasteiger partial charge in [0, 0.05) is 17.7 Å². The molecule has 3 aromatic rings. The van der Waals surface area contributed by atoms with Gasteiger partial charge in [0.1, 0.15) is 11.6 Å². The molecule has 1 aliphatic heterocycles. The van der Waals surface area contributed by atoms with Gasteiger partial charge in [0.15, 0.2) is 5.76 Å². The Hall–Kier alpha value is -3.60. The Morgan fingerprint density at radius 2 is 1.62 bits per heavy atom. The van der Waals surface area contributed by atoms with Crippen molar-refractivity contribution in [3.63, 3.8) is 0 Å². The van der Waals surface area contributed by atoms with E-state index in [-0.39, 0.29) is 18.1 Å². The van der Waals surface area contributed by atoms with Crippen LogP contribution in [0.3, 0.4) is 0 Å². The molecule has 0 unspecified atom stereocenters. The first kappa shape index (κ1) is 18.7. The van der Waals surface area contributed by atoms with Crippen LogP contribution in [-0.2, 0) is 11.3 Å². The summed E-state index contributed by atoms with van der Waals surface area (Å²) in [4.78, 5) is 14.6. The molecule has 5 heteroatoms. The monoisotopic (exact) mass is 389 g/mol. The number of nitrogens with zero attached hydrogens (tertiary/aromatic N) is 1. The second-order valence-electron chi connectivity index (χ2n) is 6.83. The molecule has 0 spiro atoms. The highest BCUT2D eigenvalue weighted by Gasteiger charge is 2.42. The molecule has 1 atom stereocenters. The molecule has 1 amide bonds. The number of amides is 1. The van der Waals surface area contributed by atoms with Gasteiger partial charge in [-0.25, -0.2) is 4.39 Å². The molecule has 146 valence electrons. The minimum absolute atomic E-state index is 0.224. The van der Waals surface area contributed by atoms with E-state index in [9.17, 15) is 14.3 Å². The van der Waals surface area contributed by atoms with Crippen molar-refractivity contribution in [3.8, 4) is 5.75 Å². The number of hydrogen-bond acceptors (Lipinski definition) is 3. The van der Waals surface area contributed by atoms with Crippen LogP contribution in [0.2, 0.25) is 0 Å². The van der Waals surface area contributed by atoms with E-state index in [2.05, 4.69) is 0 Å². The smallest absolute Gasteiger partial charge is 0.290 e. The Bertz CT molecular complexity index is 1060. The van der Waals surface area contributed by atoms with E-state index >= 15 is 0 Å². The Balaban J connectivity index is 1.84. The number of methoxy groups -OCH3 is 1. The van der Waals surface area contributed by atoms with Gasteiger partial charge < -0.3 is 14.7 Å². The zero-order valence-electron chi connectivity index (χ0n) is 15.9. The van der Waals surface area contributed by atoms with E-state index in [1.54, 1.807) is 24.1 Å². The van der Waals surface area contributed by atoms with E-state index in [0.717, 1.165) is 16.7 Å². The van der Waals surface area contributed by atoms with Gasteiger partial charge in [-0.1, -0.05) is 60.7 Å². The van der Waals surface area contributed by atoms with Gasteiger partial charge in [-0.05, 0) is 29.3 Å². The maximum absolute atomic E-state index is 13.3. The first-order valence-corrected chi connectivity index (χ1v) is 9.27. The standard InChI is InChI=1S/C24H20FNO3/c1-29-20-10-6-5-9-19(20)22-21(17-7-3-2-4-8-17)23(27)24(28)26(22)15-16-11-13-18(25)14-12-16/h2-14,22,27H,15H2,1H3/t22-/m1/s1. The highest BCUT2D eigenvalue weighted by molar-refractivity contribution is 6.05. The summed E-state index contributed by atoms with van der Waals surface area (Å²) in [6, 6.07) is 22.2. The average molecular weight is 389 g/mol. The van der Waals surface area contributed by atoms with Crippen molar-refractivity contribution in [3.05, 3.63) is 107 Å². The van der Waals surface area contributed by atoms with Crippen molar-refractivity contribution < 1.29 is 19.0 Å². The quantitative estimate of drug-likeness (QED) is 0.676. The number of para-hydroxylation sites is 1. The average Bonchev–Trinajstić information content (AvgIpc) is 3.00. The Labute approximate surface area is 168 Å². The lowest BCUT2D eigenvalue weighted by atomic mass is 9.92. The summed E-state index contributed by atoms with van der Waals surface area (Å²) >= 11 is 0. The van der Waals surface area contributed by atoms with Crippen LogP contribution < -0.4 is 4.74 Å². The van der Waals surface area contributed by atoms with Crippen molar-refractivity contribution in [2.24, 2.45) is 0 Å². The molecule has 0 fully saturated rings. The van der Waals surface area contributed by atoms with Crippen LogP contribution in [0.4, 0.5) is 4.39 Å². The fourth-order valence-corrected chi connectivity index (χ4v) is 3.73. The molecule has 4 nitrogen and oxygen atoms in total. The molecule has 1 aliphatic rings. The van der Waals surface area contributed by atoms with Crippen LogP contribution in [0.1, 0.15) is 22.7 Å². The maximum Gasteiger partial charge on any atom is 0.290 e. The molecule has 0 aliphatic carbocycles. The Kier molecular flexibility index (Phi) is 5.04. The Morgan fingerprint density at radius 1 is 0.966 bits per heavy atom. The lowest BCUT2D eigenvalue weighted by Crippen LogP contribution is -2.30. The molecule has 0 bridgehead atoms. The third kappa shape index (κ3) is 3.47. The molecular weight excluding hydrogens is 369 g/mol. The molecule has 1 N–H and O–H groups in total. The van der Waals surface area contributed by atoms with Crippen LogP contribution in [-0.4, -0.2) is 23.0 Å². The van der Waals surface area contributed by atoms with Gasteiger partial charge in [0.2, 0.25) is 0 Å². The molecule has 29 heavy (non-hydrogen) atoms. The molecular formula is C24H20FNO3. The van der Waals surface area contributed by atoms with Gasteiger partial charge in [-0.2, -0.15) is 0 Å². The number of aliphatic hydroxyl groups is 1. The summed E-state index contributed by atoms with van der Waals surface area (Å²) in [5.41, 5.74) is 2.83. The largest absolute Gasteiger partial charge is 0.503 e. The van der Waals surface area contributed by atoms with Gasteiger partial charge in [0.05, 0.1) is 13.2 Å². The van der Waals surface area contributed by atoms with Gasteiger partial charge in [-0.15, -0.1) is 0 Å². The van der Waals surface area contributed by atoms with Gasteiger partial charge >= 0.3 is 0 Å². The summed E-state index contributed by atoms with van der Waals surface area (Å²) in [7, 11) is 1.58. The van der Waals surface area contributed by atoms with Crippen molar-refractivity contribution in [1.29, 1.82) is 0 Å². The minimum atomic E-state index is -0.536. The van der Waals surface area contributed by atoms with E-state index in [1.807, 2.05) is 54.6 Å². The van der Waals surface area contributed by atoms with Crippen LogP contribution in [0, 0.1) is 5.82 Å². The number of ether oxygens (including phenoxy) is 1. The van der Waals surface area contributed by atoms with Crippen LogP contribution in [0.5, 0.6) is 5.75 Å². The third-order valence-electron chi connectivity index (χ3n) is 5.09. The highest BCUT2D eigenvalue weighted by atomic mass is 19.1. The fourth-order valence-electron chi connectivity index (χ4n) is 3.73. The van der Waals surface area contributed by atoms with E-state index in [4.69, 9.17) is 4.74 Å². The number of carbonyl (C=O) groups excluding carboxylic acids is 1. The number of halogens is 1. The van der Waals surface area contributed by atoms with Gasteiger partial charge in [0.25, 0.3) is 5.91 Å². The molecule has 0 saturated heterocycles. The zero-order chi connectivity index (χ0) is 20.4. The number of rotatable bonds is 5. The van der Waals surface area contributed by atoms with E-state index in [1.165, 1.54) is 12.1 Å². The van der Waals surface area contributed by atoms with Crippen molar-refractivity contribution >= 4 is 11.5 Å². The van der Waals surface area contributed by atoms with Crippen LogP contribution in [0.25, 0.3) is 5.57 Å². The number of hydrogen-bond donors (Lipinski definition) is 1. The van der Waals surface area contributed by atoms with E-state index < -0.39 is 11.9 Å². The summed E-state index contributed by atoms with van der Waals surface area (Å²) in [5, 5.41) is 10.8. The molecule has 0 radical (unpaired) electrons.